The van der Waals surface area contributed by atoms with Gasteiger partial charge in [-0.3, -0.25) is 0 Å². The van der Waals surface area contributed by atoms with Gasteiger partial charge in [0.2, 0.25) is 0 Å². The van der Waals surface area contributed by atoms with Gasteiger partial charge in [-0.1, -0.05) is 71.7 Å². The second kappa shape index (κ2) is 9.84. The van der Waals surface area contributed by atoms with Crippen LogP contribution in [0.15, 0.2) is 72.8 Å². The Morgan fingerprint density at radius 3 is 1.14 bits per heavy atom. The Kier molecular flexibility index (Phi) is 7.75. The third kappa shape index (κ3) is 5.33. The van der Waals surface area contributed by atoms with E-state index in [9.17, 15) is 9.59 Å². The predicted molar refractivity (Wildman–Crippen MR) is 112 cm³/mol. The molecule has 4 nitrogen and oxygen atoms in total. The molecule has 4 aromatic rings. The molecule has 29 heavy (non-hydrogen) atoms. The van der Waals surface area contributed by atoms with Gasteiger partial charge in [0.15, 0.2) is 0 Å². The largest absolute Gasteiger partial charge is 0.478 e. The standard InChI is InChI=1S/2C11H7ClO2.Zn/c2*12-10-6-8-4-2-1-3-7(8)5-9(10)11(13)14;/h2*1-6H,(H,13,14);. The van der Waals surface area contributed by atoms with Crippen molar-refractivity contribution in [2.75, 3.05) is 0 Å². The maximum absolute atomic E-state index is 10.8. The van der Waals surface area contributed by atoms with Gasteiger partial charge in [-0.25, -0.2) is 9.59 Å². The summed E-state index contributed by atoms with van der Waals surface area (Å²) in [5, 5.41) is 21.9. The normalized spacial score (nSPS) is 10.0. The second-order valence-corrected chi connectivity index (χ2v) is 6.78. The molecular weight excluding hydrogens is 465 g/mol. The molecule has 142 valence electrons. The molecule has 0 unspecified atom stereocenters. The number of fused-ring (bicyclic) bond motifs is 2. The summed E-state index contributed by atoms with van der Waals surface area (Å²) < 4.78 is 0. The van der Waals surface area contributed by atoms with Crippen LogP contribution in [-0.2, 0) is 19.5 Å². The topological polar surface area (TPSA) is 74.6 Å². The zero-order valence-electron chi connectivity index (χ0n) is 15.1. The predicted octanol–water partition coefficient (Wildman–Crippen LogP) is 6.38. The molecule has 0 aliphatic carbocycles. The fourth-order valence-electron chi connectivity index (χ4n) is 2.75. The zero-order chi connectivity index (χ0) is 20.3. The van der Waals surface area contributed by atoms with Crippen molar-refractivity contribution in [2.24, 2.45) is 0 Å². The molecule has 2 N–H and O–H groups in total. The van der Waals surface area contributed by atoms with Crippen molar-refractivity contribution < 1.29 is 39.3 Å². The van der Waals surface area contributed by atoms with E-state index in [0.29, 0.717) is 0 Å². The van der Waals surface area contributed by atoms with Crippen LogP contribution < -0.4 is 0 Å². The van der Waals surface area contributed by atoms with Crippen molar-refractivity contribution in [1.29, 1.82) is 0 Å². The van der Waals surface area contributed by atoms with Crippen LogP contribution in [0, 0.1) is 0 Å². The van der Waals surface area contributed by atoms with Gasteiger partial charge in [0.1, 0.15) is 0 Å². The Hall–Kier alpha value is -2.46. The van der Waals surface area contributed by atoms with Gasteiger partial charge in [0.25, 0.3) is 0 Å². The minimum atomic E-state index is -0.999. The van der Waals surface area contributed by atoms with Crippen LogP contribution in [0.2, 0.25) is 10.0 Å². The van der Waals surface area contributed by atoms with Crippen molar-refractivity contribution in [3.8, 4) is 0 Å². The van der Waals surface area contributed by atoms with Gasteiger partial charge in [0, 0.05) is 19.5 Å². The number of carboxylic acids is 2. The molecule has 0 saturated carbocycles. The van der Waals surface area contributed by atoms with Gasteiger partial charge < -0.3 is 10.2 Å². The van der Waals surface area contributed by atoms with Crippen LogP contribution in [0.4, 0.5) is 0 Å². The van der Waals surface area contributed by atoms with E-state index < -0.39 is 11.9 Å². The van der Waals surface area contributed by atoms with E-state index >= 15 is 0 Å². The van der Waals surface area contributed by atoms with Gasteiger partial charge >= 0.3 is 11.9 Å². The summed E-state index contributed by atoms with van der Waals surface area (Å²) in [6.07, 6.45) is 0. The molecule has 0 atom stereocenters. The Morgan fingerprint density at radius 2 is 0.862 bits per heavy atom. The summed E-state index contributed by atoms with van der Waals surface area (Å²) in [6, 6.07) is 21.5. The Labute approximate surface area is 189 Å². The molecule has 4 aromatic carbocycles. The molecule has 0 radical (unpaired) electrons. The van der Waals surface area contributed by atoms with Crippen LogP contribution in [0.1, 0.15) is 20.7 Å². The second-order valence-electron chi connectivity index (χ2n) is 5.97. The van der Waals surface area contributed by atoms with Gasteiger partial charge in [-0.15, -0.1) is 0 Å². The minimum Gasteiger partial charge on any atom is -0.478 e. The Bertz CT molecular complexity index is 1110. The van der Waals surface area contributed by atoms with E-state index in [1.54, 1.807) is 24.3 Å². The van der Waals surface area contributed by atoms with Crippen molar-refractivity contribution in [2.45, 2.75) is 0 Å². The van der Waals surface area contributed by atoms with E-state index in [2.05, 4.69) is 0 Å². The van der Waals surface area contributed by atoms with Gasteiger partial charge in [-0.05, 0) is 45.8 Å². The molecule has 0 aromatic heterocycles. The number of rotatable bonds is 2. The first-order chi connectivity index (χ1) is 13.4. The molecule has 0 spiro atoms. The van der Waals surface area contributed by atoms with E-state index in [1.807, 2.05) is 48.5 Å². The Morgan fingerprint density at radius 1 is 0.586 bits per heavy atom. The van der Waals surface area contributed by atoms with E-state index in [1.165, 1.54) is 0 Å². The van der Waals surface area contributed by atoms with Crippen LogP contribution in [-0.4, -0.2) is 22.2 Å². The number of halogens is 2. The van der Waals surface area contributed by atoms with E-state index in [0.717, 1.165) is 21.5 Å². The number of carbonyl (C=O) groups is 2. The average molecular weight is 479 g/mol. The maximum atomic E-state index is 10.8. The van der Waals surface area contributed by atoms with Crippen molar-refractivity contribution in [1.82, 2.24) is 0 Å². The monoisotopic (exact) mass is 476 g/mol. The summed E-state index contributed by atoms with van der Waals surface area (Å²) in [4.78, 5) is 21.6. The molecular formula is C22H14Cl2O4Zn. The molecule has 0 aliphatic heterocycles. The molecule has 4 rings (SSSR count). The number of benzene rings is 4. The van der Waals surface area contributed by atoms with Gasteiger partial charge in [0.05, 0.1) is 21.2 Å². The quantitative estimate of drug-likeness (QED) is 0.328. The first kappa shape index (κ1) is 22.8. The molecule has 0 fully saturated rings. The molecule has 0 heterocycles. The number of carboxylic acid groups (broad SMARTS) is 2. The number of hydrogen-bond acceptors (Lipinski definition) is 2. The molecule has 0 bridgehead atoms. The summed E-state index contributed by atoms with van der Waals surface area (Å²) in [5.74, 6) is -2.00. The fraction of sp³-hybridized carbons (Fsp3) is 0. The van der Waals surface area contributed by atoms with Crippen molar-refractivity contribution in [3.63, 3.8) is 0 Å². The zero-order valence-corrected chi connectivity index (χ0v) is 19.6. The average Bonchev–Trinajstić information content (AvgIpc) is 2.67. The van der Waals surface area contributed by atoms with E-state index in [4.69, 9.17) is 33.4 Å². The number of aromatic carboxylic acids is 2. The van der Waals surface area contributed by atoms with Crippen LogP contribution in [0.3, 0.4) is 0 Å². The number of hydrogen-bond donors (Lipinski definition) is 2. The smallest absolute Gasteiger partial charge is 0.337 e. The SMILES string of the molecule is O=C(O)c1cc2ccccc2cc1Cl.O=C(O)c1cc2ccccc2cc1Cl.[Zn]. The van der Waals surface area contributed by atoms with Gasteiger partial charge in [-0.2, -0.15) is 0 Å². The van der Waals surface area contributed by atoms with Crippen molar-refractivity contribution >= 4 is 56.7 Å². The molecule has 0 amide bonds. The maximum Gasteiger partial charge on any atom is 0.337 e. The summed E-state index contributed by atoms with van der Waals surface area (Å²) in [6.45, 7) is 0. The summed E-state index contributed by atoms with van der Waals surface area (Å²) in [5.41, 5.74) is 0.288. The third-order valence-corrected chi connectivity index (χ3v) is 4.76. The van der Waals surface area contributed by atoms with Crippen molar-refractivity contribution in [3.05, 3.63) is 94.0 Å². The van der Waals surface area contributed by atoms with E-state index in [-0.39, 0.29) is 40.7 Å². The van der Waals surface area contributed by atoms with Crippen LogP contribution in [0.5, 0.6) is 0 Å². The molecule has 0 saturated heterocycles. The molecule has 7 heteroatoms. The minimum absolute atomic E-state index is 0. The van der Waals surface area contributed by atoms with Crippen LogP contribution in [0.25, 0.3) is 21.5 Å². The first-order valence-corrected chi connectivity index (χ1v) is 8.95. The van der Waals surface area contributed by atoms with Crippen LogP contribution >= 0.6 is 23.2 Å². The third-order valence-electron chi connectivity index (χ3n) is 4.13. The molecule has 0 aliphatic rings. The summed E-state index contributed by atoms with van der Waals surface area (Å²) >= 11 is 11.6. The fourth-order valence-corrected chi connectivity index (χ4v) is 3.26. The first-order valence-electron chi connectivity index (χ1n) is 8.20. The Balaban J connectivity index is 0.000000200. The summed E-state index contributed by atoms with van der Waals surface area (Å²) in [7, 11) is 0.